The van der Waals surface area contributed by atoms with Gasteiger partial charge in [0.05, 0.1) is 11.4 Å². The zero-order valence-corrected chi connectivity index (χ0v) is 16.7. The molecule has 0 atom stereocenters. The van der Waals surface area contributed by atoms with Crippen LogP contribution < -0.4 is 0 Å². The molecule has 0 radical (unpaired) electrons. The van der Waals surface area contributed by atoms with E-state index in [1.54, 1.807) is 31.0 Å². The van der Waals surface area contributed by atoms with Crippen molar-refractivity contribution in [2.24, 2.45) is 0 Å². The number of carbonyl (C=O) groups excluding carboxylic acids is 1. The maximum absolute atomic E-state index is 13.5. The van der Waals surface area contributed by atoms with Crippen LogP contribution in [0.3, 0.4) is 0 Å². The van der Waals surface area contributed by atoms with E-state index < -0.39 is 0 Å². The summed E-state index contributed by atoms with van der Waals surface area (Å²) >= 11 is 1.38. The van der Waals surface area contributed by atoms with Gasteiger partial charge in [0.1, 0.15) is 9.88 Å². The van der Waals surface area contributed by atoms with Crippen LogP contribution in [0, 0.1) is 6.92 Å². The fourth-order valence-electron chi connectivity index (χ4n) is 2.96. The summed E-state index contributed by atoms with van der Waals surface area (Å²) in [6.07, 6.45) is 8.71. The molecule has 4 rings (SSSR count). The number of thiazole rings is 1. The molecule has 0 N–H and O–H groups in total. The lowest BCUT2D eigenvalue weighted by molar-refractivity contribution is 0.0734. The molecule has 6 nitrogen and oxygen atoms in total. The Bertz CT molecular complexity index is 1040. The Morgan fingerprint density at radius 1 is 0.931 bits per heavy atom. The molecule has 0 aliphatic rings. The van der Waals surface area contributed by atoms with Crippen LogP contribution in [0.1, 0.15) is 26.5 Å². The van der Waals surface area contributed by atoms with Crippen molar-refractivity contribution in [1.82, 2.24) is 24.8 Å². The first-order valence-corrected chi connectivity index (χ1v) is 9.98. The van der Waals surface area contributed by atoms with Gasteiger partial charge in [-0.15, -0.1) is 11.3 Å². The smallest absolute Gasteiger partial charge is 0.266 e. The number of aromatic nitrogens is 4. The molecule has 0 bridgehead atoms. The van der Waals surface area contributed by atoms with Crippen LogP contribution in [-0.4, -0.2) is 30.7 Å². The Balaban J connectivity index is 1.65. The Labute approximate surface area is 173 Å². The molecule has 0 aliphatic carbocycles. The fraction of sp³-hybridized carbons (Fsp3) is 0.136. The Morgan fingerprint density at radius 2 is 1.76 bits per heavy atom. The summed E-state index contributed by atoms with van der Waals surface area (Å²) in [6, 6.07) is 13.4. The minimum Gasteiger partial charge on any atom is -0.329 e. The van der Waals surface area contributed by atoms with Crippen LogP contribution in [0.25, 0.3) is 10.7 Å². The number of rotatable bonds is 6. The molecule has 4 aromatic rings. The second kappa shape index (κ2) is 8.70. The molecule has 0 aliphatic heterocycles. The maximum Gasteiger partial charge on any atom is 0.266 e. The zero-order chi connectivity index (χ0) is 20.1. The third kappa shape index (κ3) is 4.52. The molecule has 0 aromatic carbocycles. The van der Waals surface area contributed by atoms with Crippen LogP contribution in [0.5, 0.6) is 0 Å². The highest BCUT2D eigenvalue weighted by molar-refractivity contribution is 7.17. The van der Waals surface area contributed by atoms with E-state index in [4.69, 9.17) is 0 Å². The van der Waals surface area contributed by atoms with Crippen molar-refractivity contribution >= 4 is 17.2 Å². The van der Waals surface area contributed by atoms with E-state index in [2.05, 4.69) is 19.9 Å². The molecule has 1 amide bonds. The van der Waals surface area contributed by atoms with Crippen molar-refractivity contribution in [3.63, 3.8) is 0 Å². The predicted molar refractivity (Wildman–Crippen MR) is 112 cm³/mol. The molecule has 144 valence electrons. The maximum atomic E-state index is 13.5. The van der Waals surface area contributed by atoms with Crippen molar-refractivity contribution in [2.75, 3.05) is 0 Å². The van der Waals surface area contributed by atoms with E-state index in [1.807, 2.05) is 54.3 Å². The largest absolute Gasteiger partial charge is 0.329 e. The highest BCUT2D eigenvalue weighted by Gasteiger charge is 2.23. The van der Waals surface area contributed by atoms with Gasteiger partial charge in [0.25, 0.3) is 5.91 Å². The van der Waals surface area contributed by atoms with Crippen LogP contribution in [0.15, 0.2) is 73.4 Å². The van der Waals surface area contributed by atoms with Crippen molar-refractivity contribution in [2.45, 2.75) is 20.0 Å². The number of amides is 1. The van der Waals surface area contributed by atoms with E-state index in [1.165, 1.54) is 11.3 Å². The van der Waals surface area contributed by atoms with Gasteiger partial charge in [0.2, 0.25) is 0 Å². The highest BCUT2D eigenvalue weighted by atomic mass is 32.1. The molecule has 0 fully saturated rings. The zero-order valence-electron chi connectivity index (χ0n) is 15.9. The van der Waals surface area contributed by atoms with Crippen LogP contribution in [-0.2, 0) is 13.1 Å². The molecule has 4 heterocycles. The van der Waals surface area contributed by atoms with E-state index >= 15 is 0 Å². The molecular formula is C22H19N5OS. The molecule has 7 heteroatoms. The average molecular weight is 401 g/mol. The van der Waals surface area contributed by atoms with Crippen molar-refractivity contribution in [1.29, 1.82) is 0 Å². The molecule has 0 saturated carbocycles. The topological polar surface area (TPSA) is 71.9 Å². The minimum atomic E-state index is -0.0529. The lowest BCUT2D eigenvalue weighted by Gasteiger charge is -2.22. The highest BCUT2D eigenvalue weighted by Crippen LogP contribution is 2.28. The van der Waals surface area contributed by atoms with Gasteiger partial charge in [-0.05, 0) is 48.4 Å². The summed E-state index contributed by atoms with van der Waals surface area (Å²) in [5.41, 5.74) is 3.48. The van der Waals surface area contributed by atoms with Gasteiger partial charge in [0, 0.05) is 44.1 Å². The molecule has 0 unspecified atom stereocenters. The standard InChI is InChI=1S/C22H19N5OS/c1-16-20(29-21(26-16)19-6-2-3-10-25-19)22(28)27(14-17-7-11-23-12-8-17)15-18-5-4-9-24-13-18/h2-13H,14-15H2,1H3. The van der Waals surface area contributed by atoms with Gasteiger partial charge >= 0.3 is 0 Å². The molecule has 0 spiro atoms. The molecular weight excluding hydrogens is 382 g/mol. The van der Waals surface area contributed by atoms with Crippen LogP contribution in [0.2, 0.25) is 0 Å². The van der Waals surface area contributed by atoms with E-state index in [0.29, 0.717) is 23.7 Å². The third-order valence-corrected chi connectivity index (χ3v) is 5.55. The van der Waals surface area contributed by atoms with E-state index in [0.717, 1.165) is 21.8 Å². The Kier molecular flexibility index (Phi) is 5.67. The third-order valence-electron chi connectivity index (χ3n) is 4.38. The summed E-state index contributed by atoms with van der Waals surface area (Å²) in [5, 5.41) is 0.747. The van der Waals surface area contributed by atoms with Crippen molar-refractivity contribution in [3.8, 4) is 10.7 Å². The van der Waals surface area contributed by atoms with Crippen molar-refractivity contribution in [3.05, 3.63) is 95.1 Å². The fourth-order valence-corrected chi connectivity index (χ4v) is 3.97. The second-order valence-corrected chi connectivity index (χ2v) is 7.53. The van der Waals surface area contributed by atoms with Gasteiger partial charge in [-0.2, -0.15) is 0 Å². The first-order chi connectivity index (χ1) is 14.2. The van der Waals surface area contributed by atoms with Gasteiger partial charge in [-0.1, -0.05) is 12.1 Å². The summed E-state index contributed by atoms with van der Waals surface area (Å²) in [5.74, 6) is -0.0529. The lowest BCUT2D eigenvalue weighted by Crippen LogP contribution is -2.30. The summed E-state index contributed by atoms with van der Waals surface area (Å²) in [6.45, 7) is 2.81. The second-order valence-electron chi connectivity index (χ2n) is 6.53. The predicted octanol–water partition coefficient (Wildman–Crippen LogP) is 4.15. The quantitative estimate of drug-likeness (QED) is 0.485. The number of pyridine rings is 3. The van der Waals surface area contributed by atoms with Gasteiger partial charge in [-0.3, -0.25) is 19.7 Å². The number of aryl methyl sites for hydroxylation is 1. The van der Waals surface area contributed by atoms with Crippen LogP contribution >= 0.6 is 11.3 Å². The van der Waals surface area contributed by atoms with Gasteiger partial charge in [-0.25, -0.2) is 4.98 Å². The summed E-state index contributed by atoms with van der Waals surface area (Å²) in [7, 11) is 0. The minimum absolute atomic E-state index is 0.0529. The molecule has 4 aromatic heterocycles. The molecule has 29 heavy (non-hydrogen) atoms. The van der Waals surface area contributed by atoms with E-state index in [9.17, 15) is 4.79 Å². The SMILES string of the molecule is Cc1nc(-c2ccccn2)sc1C(=O)N(Cc1ccncc1)Cc1cccnc1. The number of hydrogen-bond acceptors (Lipinski definition) is 6. The lowest BCUT2D eigenvalue weighted by atomic mass is 10.2. The Morgan fingerprint density at radius 3 is 2.48 bits per heavy atom. The normalized spacial score (nSPS) is 10.7. The van der Waals surface area contributed by atoms with Crippen LogP contribution in [0.4, 0.5) is 0 Å². The summed E-state index contributed by atoms with van der Waals surface area (Å²) < 4.78 is 0. The van der Waals surface area contributed by atoms with Gasteiger partial charge in [0.15, 0.2) is 0 Å². The Hall–Kier alpha value is -3.45. The van der Waals surface area contributed by atoms with Crippen molar-refractivity contribution < 1.29 is 4.79 Å². The number of carbonyl (C=O) groups is 1. The average Bonchev–Trinajstić information content (AvgIpc) is 3.16. The molecule has 0 saturated heterocycles. The monoisotopic (exact) mass is 401 g/mol. The van der Waals surface area contributed by atoms with Gasteiger partial charge < -0.3 is 4.90 Å². The summed E-state index contributed by atoms with van der Waals surface area (Å²) in [4.78, 5) is 33.1. The first kappa shape index (κ1) is 18.9. The number of hydrogen-bond donors (Lipinski definition) is 0. The van der Waals surface area contributed by atoms with E-state index in [-0.39, 0.29) is 5.91 Å². The number of nitrogens with zero attached hydrogens (tertiary/aromatic N) is 5. The first-order valence-electron chi connectivity index (χ1n) is 9.16.